The van der Waals surface area contributed by atoms with Gasteiger partial charge < -0.3 is 10.0 Å². The molecule has 1 N–H and O–H groups in total. The van der Waals surface area contributed by atoms with Crippen molar-refractivity contribution in [1.82, 2.24) is 9.88 Å². The molecule has 1 aromatic rings. The first-order valence-corrected chi connectivity index (χ1v) is 5.48. The number of hydrogen-bond donors (Lipinski definition) is 1. The molecule has 0 bridgehead atoms. The monoisotopic (exact) mass is 221 g/mol. The van der Waals surface area contributed by atoms with Gasteiger partial charge in [0.2, 0.25) is 0 Å². The van der Waals surface area contributed by atoms with Gasteiger partial charge in [-0.3, -0.25) is 0 Å². The predicted octanol–water partition coefficient (Wildman–Crippen LogP) is 2.57. The van der Waals surface area contributed by atoms with Crippen LogP contribution < -0.4 is 0 Å². The Labute approximate surface area is 96.7 Å². The molecular formula is C12H19N3O. The highest BCUT2D eigenvalue weighted by atomic mass is 16.3. The topological polar surface area (TPSA) is 48.7 Å². The lowest BCUT2D eigenvalue weighted by atomic mass is 10.2. The molecule has 0 aliphatic carbocycles. The van der Waals surface area contributed by atoms with Crippen LogP contribution in [0.5, 0.6) is 5.75 Å². The summed E-state index contributed by atoms with van der Waals surface area (Å²) in [4.78, 5) is 10.3. The van der Waals surface area contributed by atoms with Crippen LogP contribution in [0, 0.1) is 0 Å². The number of aliphatic imine (C=N–C) groups is 1. The summed E-state index contributed by atoms with van der Waals surface area (Å²) in [5.41, 5.74) is 0. The highest BCUT2D eigenvalue weighted by Crippen LogP contribution is 2.21. The van der Waals surface area contributed by atoms with Crippen molar-refractivity contribution >= 4 is 12.2 Å². The first kappa shape index (κ1) is 12.5. The molecule has 16 heavy (non-hydrogen) atoms. The molecule has 1 heterocycles. The van der Waals surface area contributed by atoms with Crippen molar-refractivity contribution in [1.29, 1.82) is 0 Å². The minimum absolute atomic E-state index is 0.103. The Morgan fingerprint density at radius 2 is 1.94 bits per heavy atom. The molecule has 0 spiro atoms. The molecule has 1 rings (SSSR count). The Hall–Kier alpha value is -1.58. The summed E-state index contributed by atoms with van der Waals surface area (Å²) in [6, 6.07) is 4.00. The van der Waals surface area contributed by atoms with E-state index in [4.69, 9.17) is 0 Å². The van der Waals surface area contributed by atoms with Gasteiger partial charge in [0, 0.05) is 18.3 Å². The third-order valence-corrected chi connectivity index (χ3v) is 2.27. The van der Waals surface area contributed by atoms with E-state index in [0.717, 1.165) is 0 Å². The molecular weight excluding hydrogens is 202 g/mol. The van der Waals surface area contributed by atoms with Crippen LogP contribution >= 0.6 is 0 Å². The van der Waals surface area contributed by atoms with E-state index in [1.54, 1.807) is 24.7 Å². The fraction of sp³-hybridized carbons (Fsp3) is 0.500. The Kier molecular flexibility index (Phi) is 4.28. The Morgan fingerprint density at radius 3 is 2.44 bits per heavy atom. The highest BCUT2D eigenvalue weighted by Gasteiger charge is 2.09. The molecule has 0 unspecified atom stereocenters. The summed E-state index contributed by atoms with van der Waals surface area (Å²) in [6.45, 7) is 8.41. The molecule has 0 saturated heterocycles. The van der Waals surface area contributed by atoms with E-state index >= 15 is 0 Å². The first-order valence-electron chi connectivity index (χ1n) is 5.48. The quantitative estimate of drug-likeness (QED) is 0.628. The smallest absolute Gasteiger partial charge is 0.196 e. The molecule has 0 aliphatic heterocycles. The van der Waals surface area contributed by atoms with Gasteiger partial charge in [-0.2, -0.15) is 0 Å². The third-order valence-electron chi connectivity index (χ3n) is 2.27. The van der Waals surface area contributed by atoms with Gasteiger partial charge in [0.05, 0.1) is 6.34 Å². The largest absolute Gasteiger partial charge is 0.504 e. The molecule has 0 radical (unpaired) electrons. The second-order valence-electron chi connectivity index (χ2n) is 4.23. The summed E-state index contributed by atoms with van der Waals surface area (Å²) in [5, 5.41) is 9.51. The third kappa shape index (κ3) is 3.22. The summed E-state index contributed by atoms with van der Waals surface area (Å²) < 4.78 is 0. The standard InChI is InChI=1S/C12H19N3O/c1-9(2)15(10(3)4)8-14-12-11(16)6-5-7-13-12/h5-10,16H,1-4H3. The Bertz CT molecular complexity index is 353. The highest BCUT2D eigenvalue weighted by molar-refractivity contribution is 5.62. The minimum atomic E-state index is 0.103. The zero-order chi connectivity index (χ0) is 12.1. The van der Waals surface area contributed by atoms with E-state index < -0.39 is 0 Å². The number of hydrogen-bond acceptors (Lipinski definition) is 3. The molecule has 0 amide bonds. The molecule has 4 nitrogen and oxygen atoms in total. The summed E-state index contributed by atoms with van der Waals surface area (Å²) in [7, 11) is 0. The van der Waals surface area contributed by atoms with Crippen LogP contribution in [0.15, 0.2) is 23.3 Å². The van der Waals surface area contributed by atoms with Gasteiger partial charge in [-0.05, 0) is 39.8 Å². The summed E-state index contributed by atoms with van der Waals surface area (Å²) in [5.74, 6) is 0.458. The SMILES string of the molecule is CC(C)N(C=Nc1ncccc1O)C(C)C. The van der Waals surface area contributed by atoms with Crippen molar-refractivity contribution in [2.75, 3.05) is 0 Å². The lowest BCUT2D eigenvalue weighted by molar-refractivity contribution is 0.301. The van der Waals surface area contributed by atoms with Crippen molar-refractivity contribution < 1.29 is 5.11 Å². The summed E-state index contributed by atoms with van der Waals surface area (Å²) >= 11 is 0. The van der Waals surface area contributed by atoms with Crippen LogP contribution in [0.2, 0.25) is 0 Å². The molecule has 0 aromatic carbocycles. The van der Waals surface area contributed by atoms with Crippen LogP contribution in [0.3, 0.4) is 0 Å². The zero-order valence-electron chi connectivity index (χ0n) is 10.3. The van der Waals surface area contributed by atoms with Crippen molar-refractivity contribution in [3.05, 3.63) is 18.3 Å². The number of pyridine rings is 1. The predicted molar refractivity (Wildman–Crippen MR) is 66.2 cm³/mol. The average molecular weight is 221 g/mol. The lowest BCUT2D eigenvalue weighted by Gasteiger charge is -2.27. The van der Waals surface area contributed by atoms with Crippen molar-refractivity contribution in [3.8, 4) is 5.75 Å². The molecule has 0 saturated carbocycles. The second-order valence-corrected chi connectivity index (χ2v) is 4.23. The maximum Gasteiger partial charge on any atom is 0.196 e. The fourth-order valence-electron chi connectivity index (χ4n) is 1.47. The number of nitrogens with zero attached hydrogens (tertiary/aromatic N) is 3. The maximum absolute atomic E-state index is 9.51. The van der Waals surface area contributed by atoms with Crippen LogP contribution in [0.4, 0.5) is 5.82 Å². The Morgan fingerprint density at radius 1 is 1.31 bits per heavy atom. The molecule has 1 aromatic heterocycles. The van der Waals surface area contributed by atoms with Crippen LogP contribution in [0.1, 0.15) is 27.7 Å². The number of rotatable bonds is 4. The minimum Gasteiger partial charge on any atom is -0.504 e. The van der Waals surface area contributed by atoms with E-state index in [2.05, 4.69) is 42.6 Å². The van der Waals surface area contributed by atoms with Gasteiger partial charge in [0.25, 0.3) is 0 Å². The molecule has 4 heteroatoms. The molecule has 88 valence electrons. The number of aromatic nitrogens is 1. The average Bonchev–Trinajstić information content (AvgIpc) is 2.20. The fourth-order valence-corrected chi connectivity index (χ4v) is 1.47. The van der Waals surface area contributed by atoms with Gasteiger partial charge >= 0.3 is 0 Å². The van der Waals surface area contributed by atoms with Gasteiger partial charge in [0.1, 0.15) is 0 Å². The van der Waals surface area contributed by atoms with Gasteiger partial charge in [-0.15, -0.1) is 0 Å². The summed E-state index contributed by atoms with van der Waals surface area (Å²) in [6.07, 6.45) is 3.35. The van der Waals surface area contributed by atoms with E-state index in [1.807, 2.05) is 0 Å². The maximum atomic E-state index is 9.51. The second kappa shape index (κ2) is 5.49. The number of aromatic hydroxyl groups is 1. The first-order chi connectivity index (χ1) is 7.52. The molecule has 0 atom stereocenters. The molecule has 0 aliphatic rings. The van der Waals surface area contributed by atoms with E-state index in [0.29, 0.717) is 17.9 Å². The Balaban J connectivity index is 2.83. The van der Waals surface area contributed by atoms with E-state index in [9.17, 15) is 5.11 Å². The van der Waals surface area contributed by atoms with Crippen LogP contribution in [-0.4, -0.2) is 33.4 Å². The van der Waals surface area contributed by atoms with Crippen molar-refractivity contribution in [3.63, 3.8) is 0 Å². The normalized spacial score (nSPS) is 11.6. The molecule has 0 fully saturated rings. The van der Waals surface area contributed by atoms with Gasteiger partial charge in [-0.25, -0.2) is 9.98 Å². The van der Waals surface area contributed by atoms with Gasteiger partial charge in [-0.1, -0.05) is 0 Å². The van der Waals surface area contributed by atoms with E-state index in [1.165, 1.54) is 0 Å². The van der Waals surface area contributed by atoms with E-state index in [-0.39, 0.29) is 5.75 Å². The van der Waals surface area contributed by atoms with Crippen LogP contribution in [0.25, 0.3) is 0 Å². The van der Waals surface area contributed by atoms with Crippen LogP contribution in [-0.2, 0) is 0 Å². The zero-order valence-corrected chi connectivity index (χ0v) is 10.3. The van der Waals surface area contributed by atoms with Crippen molar-refractivity contribution in [2.24, 2.45) is 4.99 Å². The van der Waals surface area contributed by atoms with Gasteiger partial charge in [0.15, 0.2) is 11.6 Å². The lowest BCUT2D eigenvalue weighted by Crippen LogP contribution is -2.35. The van der Waals surface area contributed by atoms with Crippen molar-refractivity contribution in [2.45, 2.75) is 39.8 Å².